The third-order valence-corrected chi connectivity index (χ3v) is 6.04. The van der Waals surface area contributed by atoms with Crippen molar-refractivity contribution in [1.82, 2.24) is 0 Å². The zero-order valence-electron chi connectivity index (χ0n) is 11.2. The van der Waals surface area contributed by atoms with Gasteiger partial charge in [-0.2, -0.15) is 0 Å². The van der Waals surface area contributed by atoms with Gasteiger partial charge in [-0.25, -0.2) is 13.2 Å². The SMILES string of the molecule is CC(c1ccccc1)S(=O)(=O)c1ccc(Br)c(C(=O)O)c1. The van der Waals surface area contributed by atoms with Crippen molar-refractivity contribution in [2.45, 2.75) is 17.1 Å². The standard InChI is InChI=1S/C15H13BrO4S/c1-10(11-5-3-2-4-6-11)21(19,20)12-7-8-14(16)13(9-12)15(17)18/h2-10H,1H3,(H,17,18). The normalized spacial score (nSPS) is 12.9. The highest BCUT2D eigenvalue weighted by Crippen LogP contribution is 2.30. The van der Waals surface area contributed by atoms with E-state index in [1.165, 1.54) is 18.2 Å². The Morgan fingerprint density at radius 1 is 1.14 bits per heavy atom. The molecule has 6 heteroatoms. The molecule has 21 heavy (non-hydrogen) atoms. The molecule has 2 rings (SSSR count). The molecule has 0 aliphatic carbocycles. The Hall–Kier alpha value is -1.66. The van der Waals surface area contributed by atoms with Gasteiger partial charge < -0.3 is 5.11 Å². The molecule has 0 radical (unpaired) electrons. The number of benzene rings is 2. The van der Waals surface area contributed by atoms with Crippen LogP contribution in [0, 0.1) is 0 Å². The van der Waals surface area contributed by atoms with Crippen LogP contribution in [0.15, 0.2) is 57.9 Å². The highest BCUT2D eigenvalue weighted by molar-refractivity contribution is 9.10. The fourth-order valence-corrected chi connectivity index (χ4v) is 3.83. The van der Waals surface area contributed by atoms with Gasteiger partial charge in [0.25, 0.3) is 0 Å². The molecule has 4 nitrogen and oxygen atoms in total. The summed E-state index contributed by atoms with van der Waals surface area (Å²) >= 11 is 3.10. The minimum Gasteiger partial charge on any atom is -0.478 e. The summed E-state index contributed by atoms with van der Waals surface area (Å²) in [5.41, 5.74) is 0.591. The number of carboxylic acids is 1. The van der Waals surface area contributed by atoms with Crippen molar-refractivity contribution in [3.05, 3.63) is 64.1 Å². The van der Waals surface area contributed by atoms with Crippen LogP contribution in [0.2, 0.25) is 0 Å². The first-order chi connectivity index (χ1) is 9.84. The zero-order chi connectivity index (χ0) is 15.6. The van der Waals surface area contributed by atoms with Crippen LogP contribution in [0.25, 0.3) is 0 Å². The van der Waals surface area contributed by atoms with Crippen molar-refractivity contribution < 1.29 is 18.3 Å². The number of hydrogen-bond acceptors (Lipinski definition) is 3. The van der Waals surface area contributed by atoms with Gasteiger partial charge in [0.15, 0.2) is 9.84 Å². The Balaban J connectivity index is 2.50. The fraction of sp³-hybridized carbons (Fsp3) is 0.133. The average molecular weight is 369 g/mol. The lowest BCUT2D eigenvalue weighted by Crippen LogP contribution is -2.12. The number of sulfone groups is 1. The predicted octanol–water partition coefficient (Wildman–Crippen LogP) is 3.68. The summed E-state index contributed by atoms with van der Waals surface area (Å²) < 4.78 is 25.6. The van der Waals surface area contributed by atoms with Crippen LogP contribution >= 0.6 is 15.9 Å². The number of carbonyl (C=O) groups is 1. The van der Waals surface area contributed by atoms with Gasteiger partial charge in [0.1, 0.15) is 0 Å². The second kappa shape index (κ2) is 5.99. The zero-order valence-corrected chi connectivity index (χ0v) is 13.6. The van der Waals surface area contributed by atoms with Crippen LogP contribution in [0.1, 0.15) is 28.1 Å². The van der Waals surface area contributed by atoms with E-state index in [9.17, 15) is 13.2 Å². The third kappa shape index (κ3) is 3.16. The van der Waals surface area contributed by atoms with Crippen molar-refractivity contribution in [2.24, 2.45) is 0 Å². The van der Waals surface area contributed by atoms with Crippen LogP contribution in [0.4, 0.5) is 0 Å². The summed E-state index contributed by atoms with van der Waals surface area (Å²) in [7, 11) is -3.65. The molecule has 0 amide bonds. The number of carboxylic acid groups (broad SMARTS) is 1. The molecule has 0 fully saturated rings. The Morgan fingerprint density at radius 2 is 1.76 bits per heavy atom. The second-order valence-electron chi connectivity index (χ2n) is 4.54. The van der Waals surface area contributed by atoms with Gasteiger partial charge >= 0.3 is 5.97 Å². The Labute approximate surface area is 131 Å². The maximum Gasteiger partial charge on any atom is 0.336 e. The number of rotatable bonds is 4. The molecule has 0 saturated carbocycles. The molecule has 0 aromatic heterocycles. The molecule has 2 aromatic rings. The van der Waals surface area contributed by atoms with E-state index in [0.29, 0.717) is 10.0 Å². The molecule has 0 bridgehead atoms. The number of hydrogen-bond donors (Lipinski definition) is 1. The monoisotopic (exact) mass is 368 g/mol. The highest BCUT2D eigenvalue weighted by Gasteiger charge is 2.26. The van der Waals surface area contributed by atoms with E-state index in [1.54, 1.807) is 31.2 Å². The smallest absolute Gasteiger partial charge is 0.336 e. The van der Waals surface area contributed by atoms with Gasteiger partial charge in [-0.05, 0) is 46.6 Å². The van der Waals surface area contributed by atoms with E-state index in [2.05, 4.69) is 15.9 Å². The molecule has 0 saturated heterocycles. The molecule has 0 heterocycles. The Kier molecular flexibility index (Phi) is 4.49. The van der Waals surface area contributed by atoms with E-state index in [-0.39, 0.29) is 10.5 Å². The van der Waals surface area contributed by atoms with Gasteiger partial charge in [0.05, 0.1) is 15.7 Å². The lowest BCUT2D eigenvalue weighted by atomic mass is 10.2. The summed E-state index contributed by atoms with van der Waals surface area (Å²) in [5, 5.41) is 8.34. The molecule has 1 atom stereocenters. The van der Waals surface area contributed by atoms with Gasteiger partial charge in [-0.15, -0.1) is 0 Å². The van der Waals surface area contributed by atoms with E-state index in [1.807, 2.05) is 6.07 Å². The van der Waals surface area contributed by atoms with Crippen molar-refractivity contribution in [3.63, 3.8) is 0 Å². The topological polar surface area (TPSA) is 71.4 Å². The highest BCUT2D eigenvalue weighted by atomic mass is 79.9. The first-order valence-corrected chi connectivity index (χ1v) is 8.49. The lowest BCUT2D eigenvalue weighted by molar-refractivity contribution is 0.0695. The summed E-state index contributed by atoms with van der Waals surface area (Å²) in [6, 6.07) is 12.8. The van der Waals surface area contributed by atoms with Gasteiger partial charge in [0, 0.05) is 4.47 Å². The third-order valence-electron chi connectivity index (χ3n) is 3.23. The quantitative estimate of drug-likeness (QED) is 0.893. The summed E-state index contributed by atoms with van der Waals surface area (Å²) in [6.07, 6.45) is 0. The Bertz CT molecular complexity index is 770. The summed E-state index contributed by atoms with van der Waals surface area (Å²) in [5.74, 6) is -1.17. The Morgan fingerprint density at radius 3 is 2.33 bits per heavy atom. The number of aromatic carboxylic acids is 1. The fourth-order valence-electron chi connectivity index (χ4n) is 1.95. The van der Waals surface area contributed by atoms with Crippen LogP contribution in [0.3, 0.4) is 0 Å². The summed E-state index contributed by atoms with van der Waals surface area (Å²) in [4.78, 5) is 11.1. The minimum atomic E-state index is -3.65. The van der Waals surface area contributed by atoms with E-state index < -0.39 is 21.1 Å². The van der Waals surface area contributed by atoms with Crippen molar-refractivity contribution in [1.29, 1.82) is 0 Å². The molecule has 0 aliphatic rings. The van der Waals surface area contributed by atoms with Crippen molar-refractivity contribution in [2.75, 3.05) is 0 Å². The van der Waals surface area contributed by atoms with Gasteiger partial charge in [-0.3, -0.25) is 0 Å². The maximum absolute atomic E-state index is 12.6. The van der Waals surface area contributed by atoms with Crippen LogP contribution in [-0.2, 0) is 9.84 Å². The van der Waals surface area contributed by atoms with Crippen LogP contribution < -0.4 is 0 Å². The van der Waals surface area contributed by atoms with Crippen LogP contribution in [-0.4, -0.2) is 19.5 Å². The molecule has 2 aromatic carbocycles. The van der Waals surface area contributed by atoms with Crippen molar-refractivity contribution >= 4 is 31.7 Å². The molecular weight excluding hydrogens is 356 g/mol. The molecule has 1 N–H and O–H groups in total. The first kappa shape index (κ1) is 15.7. The average Bonchev–Trinajstić information content (AvgIpc) is 2.47. The summed E-state index contributed by atoms with van der Waals surface area (Å²) in [6.45, 7) is 1.59. The maximum atomic E-state index is 12.6. The van der Waals surface area contributed by atoms with E-state index >= 15 is 0 Å². The van der Waals surface area contributed by atoms with Crippen LogP contribution in [0.5, 0.6) is 0 Å². The predicted molar refractivity (Wildman–Crippen MR) is 83.1 cm³/mol. The van der Waals surface area contributed by atoms with E-state index in [4.69, 9.17) is 5.11 Å². The van der Waals surface area contributed by atoms with Gasteiger partial charge in [-0.1, -0.05) is 30.3 Å². The molecule has 0 aliphatic heterocycles. The molecule has 110 valence electrons. The largest absolute Gasteiger partial charge is 0.478 e. The first-order valence-electron chi connectivity index (χ1n) is 6.15. The lowest BCUT2D eigenvalue weighted by Gasteiger charge is -2.14. The molecular formula is C15H13BrO4S. The van der Waals surface area contributed by atoms with E-state index in [0.717, 1.165) is 0 Å². The molecule has 0 spiro atoms. The second-order valence-corrected chi connectivity index (χ2v) is 7.67. The number of halogens is 1. The van der Waals surface area contributed by atoms with Gasteiger partial charge in [0.2, 0.25) is 0 Å². The molecule has 1 unspecified atom stereocenters. The van der Waals surface area contributed by atoms with Crippen molar-refractivity contribution in [3.8, 4) is 0 Å². The minimum absolute atomic E-state index is 0.000506.